The molecule has 1 atom stereocenters. The fourth-order valence-electron chi connectivity index (χ4n) is 3.44. The first-order chi connectivity index (χ1) is 12.9. The first-order valence-electron chi connectivity index (χ1n) is 9.25. The topological polar surface area (TPSA) is 63.0 Å². The molecule has 1 saturated heterocycles. The highest BCUT2D eigenvalue weighted by atomic mass is 16.5. The zero-order valence-electron chi connectivity index (χ0n) is 16.3. The molecule has 1 fully saturated rings. The number of esters is 1. The number of amides is 1. The van der Waals surface area contributed by atoms with Gasteiger partial charge in [-0.15, -0.1) is 0 Å². The van der Waals surface area contributed by atoms with E-state index in [1.807, 2.05) is 25.1 Å². The van der Waals surface area contributed by atoms with Crippen molar-refractivity contribution in [3.05, 3.63) is 53.0 Å². The summed E-state index contributed by atoms with van der Waals surface area (Å²) in [6, 6.07) is 10.1. The minimum Gasteiger partial charge on any atom is -0.465 e. The second kappa shape index (κ2) is 7.86. The largest absolute Gasteiger partial charge is 0.465 e. The first-order valence-corrected chi connectivity index (χ1v) is 9.25. The summed E-state index contributed by atoms with van der Waals surface area (Å²) in [5.41, 5.74) is 2.33. The molecule has 0 saturated carbocycles. The Labute approximate surface area is 159 Å². The van der Waals surface area contributed by atoms with Gasteiger partial charge < -0.3 is 19.0 Å². The van der Waals surface area contributed by atoms with Crippen molar-refractivity contribution in [2.75, 3.05) is 31.1 Å². The SMILES string of the molecule is Cc1oc(C)c(C(=O)O[C@H](C)C(=O)N2CCN(c3ccccc3)CC2)c1C. The van der Waals surface area contributed by atoms with Crippen LogP contribution in [-0.2, 0) is 9.53 Å². The summed E-state index contributed by atoms with van der Waals surface area (Å²) in [5, 5.41) is 0. The zero-order chi connectivity index (χ0) is 19.6. The summed E-state index contributed by atoms with van der Waals surface area (Å²) >= 11 is 0. The normalized spacial score (nSPS) is 15.6. The Hall–Kier alpha value is -2.76. The van der Waals surface area contributed by atoms with E-state index in [9.17, 15) is 9.59 Å². The number of piperazine rings is 1. The molecule has 0 aliphatic carbocycles. The van der Waals surface area contributed by atoms with E-state index in [1.165, 1.54) is 0 Å². The van der Waals surface area contributed by atoms with E-state index in [2.05, 4.69) is 17.0 Å². The summed E-state index contributed by atoms with van der Waals surface area (Å²) in [6.07, 6.45) is -0.824. The van der Waals surface area contributed by atoms with Crippen LogP contribution < -0.4 is 4.90 Å². The predicted molar refractivity (Wildman–Crippen MR) is 103 cm³/mol. The lowest BCUT2D eigenvalue weighted by Gasteiger charge is -2.37. The van der Waals surface area contributed by atoms with Crippen molar-refractivity contribution in [2.24, 2.45) is 0 Å². The first kappa shape index (κ1) is 19.0. The van der Waals surface area contributed by atoms with Crippen molar-refractivity contribution < 1.29 is 18.7 Å². The minimum atomic E-state index is -0.824. The monoisotopic (exact) mass is 370 g/mol. The van der Waals surface area contributed by atoms with E-state index >= 15 is 0 Å². The lowest BCUT2D eigenvalue weighted by atomic mass is 10.1. The van der Waals surface area contributed by atoms with Gasteiger partial charge in [0.1, 0.15) is 17.1 Å². The number of ether oxygens (including phenoxy) is 1. The number of furan rings is 1. The molecule has 0 unspecified atom stereocenters. The zero-order valence-corrected chi connectivity index (χ0v) is 16.3. The van der Waals surface area contributed by atoms with Crippen molar-refractivity contribution in [2.45, 2.75) is 33.8 Å². The van der Waals surface area contributed by atoms with E-state index in [0.29, 0.717) is 30.2 Å². The van der Waals surface area contributed by atoms with Gasteiger partial charge in [0.25, 0.3) is 5.91 Å². The Morgan fingerprint density at radius 1 is 1.00 bits per heavy atom. The van der Waals surface area contributed by atoms with Gasteiger partial charge in [-0.2, -0.15) is 0 Å². The third-order valence-electron chi connectivity index (χ3n) is 5.11. The van der Waals surface area contributed by atoms with Gasteiger partial charge in [0, 0.05) is 37.4 Å². The maximum atomic E-state index is 12.7. The highest BCUT2D eigenvalue weighted by Gasteiger charge is 2.29. The maximum absolute atomic E-state index is 12.7. The number of anilines is 1. The quantitative estimate of drug-likeness (QED) is 0.774. The van der Waals surface area contributed by atoms with Gasteiger partial charge in [-0.25, -0.2) is 4.79 Å². The number of hydrogen-bond donors (Lipinski definition) is 0. The van der Waals surface area contributed by atoms with E-state index in [1.54, 1.807) is 25.7 Å². The Kier molecular flexibility index (Phi) is 5.54. The van der Waals surface area contributed by atoms with E-state index < -0.39 is 12.1 Å². The van der Waals surface area contributed by atoms with Crippen LogP contribution in [0.1, 0.15) is 34.4 Å². The molecule has 1 aliphatic heterocycles. The summed E-state index contributed by atoms with van der Waals surface area (Å²) in [5.74, 6) is 0.541. The van der Waals surface area contributed by atoms with Crippen LogP contribution in [0, 0.1) is 20.8 Å². The van der Waals surface area contributed by atoms with E-state index in [4.69, 9.17) is 9.15 Å². The van der Waals surface area contributed by atoms with Crippen molar-refractivity contribution >= 4 is 17.6 Å². The Morgan fingerprint density at radius 3 is 2.19 bits per heavy atom. The number of para-hydroxylation sites is 1. The number of carbonyl (C=O) groups is 2. The molecule has 1 amide bonds. The molecule has 0 spiro atoms. The smallest absolute Gasteiger partial charge is 0.342 e. The Balaban J connectivity index is 1.57. The summed E-state index contributed by atoms with van der Waals surface area (Å²) in [4.78, 5) is 29.2. The highest BCUT2D eigenvalue weighted by molar-refractivity contribution is 5.94. The Morgan fingerprint density at radius 2 is 1.63 bits per heavy atom. The molecule has 1 aliphatic rings. The van der Waals surface area contributed by atoms with Crippen LogP contribution in [0.25, 0.3) is 0 Å². The number of aryl methyl sites for hydroxylation is 2. The molecular weight excluding hydrogens is 344 g/mol. The van der Waals surface area contributed by atoms with Crippen molar-refractivity contribution in [3.8, 4) is 0 Å². The third-order valence-corrected chi connectivity index (χ3v) is 5.11. The minimum absolute atomic E-state index is 0.161. The van der Waals surface area contributed by atoms with Gasteiger partial charge in [-0.1, -0.05) is 18.2 Å². The lowest BCUT2D eigenvalue weighted by molar-refractivity contribution is -0.140. The molecule has 1 aromatic carbocycles. The van der Waals surface area contributed by atoms with Gasteiger partial charge in [-0.3, -0.25) is 4.79 Å². The van der Waals surface area contributed by atoms with Crippen molar-refractivity contribution in [1.29, 1.82) is 0 Å². The van der Waals surface area contributed by atoms with Crippen molar-refractivity contribution in [1.82, 2.24) is 4.90 Å². The van der Waals surface area contributed by atoms with Crippen LogP contribution in [0.2, 0.25) is 0 Å². The molecule has 27 heavy (non-hydrogen) atoms. The average Bonchev–Trinajstić information content (AvgIpc) is 2.93. The van der Waals surface area contributed by atoms with Gasteiger partial charge >= 0.3 is 5.97 Å². The van der Waals surface area contributed by atoms with Crippen LogP contribution >= 0.6 is 0 Å². The van der Waals surface area contributed by atoms with Crippen LogP contribution in [0.4, 0.5) is 5.69 Å². The predicted octanol–water partition coefficient (Wildman–Crippen LogP) is 3.10. The maximum Gasteiger partial charge on any atom is 0.342 e. The number of rotatable bonds is 4. The molecular formula is C21H26N2O4. The van der Waals surface area contributed by atoms with Gasteiger partial charge in [0.05, 0.1) is 0 Å². The molecule has 0 N–H and O–H groups in total. The Bertz CT molecular complexity index is 820. The second-order valence-corrected chi connectivity index (χ2v) is 6.91. The molecule has 0 bridgehead atoms. The van der Waals surface area contributed by atoms with E-state index in [-0.39, 0.29) is 5.91 Å². The molecule has 2 aromatic rings. The average molecular weight is 370 g/mol. The van der Waals surface area contributed by atoms with Gasteiger partial charge in [0.2, 0.25) is 0 Å². The molecule has 0 radical (unpaired) electrons. The summed E-state index contributed by atoms with van der Waals surface area (Å²) in [7, 11) is 0. The summed E-state index contributed by atoms with van der Waals surface area (Å²) < 4.78 is 10.9. The standard InChI is InChI=1S/C21H26N2O4/c1-14-15(2)26-16(3)19(14)21(25)27-17(4)20(24)23-12-10-22(11-13-23)18-8-6-5-7-9-18/h5-9,17H,10-13H2,1-4H3/t17-/m1/s1. The number of nitrogens with zero attached hydrogens (tertiary/aromatic N) is 2. The fraction of sp³-hybridized carbons (Fsp3) is 0.429. The van der Waals surface area contributed by atoms with Gasteiger partial charge in [0.15, 0.2) is 6.10 Å². The van der Waals surface area contributed by atoms with Crippen LogP contribution in [0.3, 0.4) is 0 Å². The highest BCUT2D eigenvalue weighted by Crippen LogP contribution is 2.22. The summed E-state index contributed by atoms with van der Waals surface area (Å²) in [6.45, 7) is 9.72. The molecule has 6 heteroatoms. The van der Waals surface area contributed by atoms with Crippen LogP contribution in [0.15, 0.2) is 34.7 Å². The van der Waals surface area contributed by atoms with Crippen molar-refractivity contribution in [3.63, 3.8) is 0 Å². The number of benzene rings is 1. The molecule has 3 rings (SSSR count). The molecule has 6 nitrogen and oxygen atoms in total. The lowest BCUT2D eigenvalue weighted by Crippen LogP contribution is -2.51. The van der Waals surface area contributed by atoms with E-state index in [0.717, 1.165) is 24.3 Å². The van der Waals surface area contributed by atoms with Gasteiger partial charge in [-0.05, 0) is 39.8 Å². The number of carbonyl (C=O) groups excluding carboxylic acids is 2. The number of hydrogen-bond acceptors (Lipinski definition) is 5. The molecule has 144 valence electrons. The second-order valence-electron chi connectivity index (χ2n) is 6.91. The third kappa shape index (κ3) is 3.99. The fourth-order valence-corrected chi connectivity index (χ4v) is 3.44. The molecule has 1 aromatic heterocycles. The van der Waals surface area contributed by atoms with Crippen LogP contribution in [0.5, 0.6) is 0 Å². The molecule has 2 heterocycles. The van der Waals surface area contributed by atoms with Crippen LogP contribution in [-0.4, -0.2) is 49.1 Å².